The van der Waals surface area contributed by atoms with E-state index < -0.39 is 0 Å². The van der Waals surface area contributed by atoms with Crippen LogP contribution in [-0.2, 0) is 16.1 Å². The molecule has 1 aromatic heterocycles. The van der Waals surface area contributed by atoms with Crippen LogP contribution in [0.15, 0.2) is 12.4 Å². The lowest BCUT2D eigenvalue weighted by Gasteiger charge is -2.03. The second-order valence-electron chi connectivity index (χ2n) is 2.68. The topological polar surface area (TPSA) is 70.3 Å². The van der Waals surface area contributed by atoms with E-state index in [1.54, 1.807) is 6.20 Å². The van der Waals surface area contributed by atoms with Crippen molar-refractivity contribution >= 4 is 5.82 Å². The van der Waals surface area contributed by atoms with Crippen LogP contribution >= 0.6 is 0 Å². The normalized spacial score (nSPS) is 10.4. The Morgan fingerprint density at radius 2 is 2.00 bits per heavy atom. The smallest absolute Gasteiger partial charge is 0.141 e. The summed E-state index contributed by atoms with van der Waals surface area (Å²) in [5.41, 5.74) is 6.16. The van der Waals surface area contributed by atoms with Crippen LogP contribution in [0.4, 0.5) is 5.82 Å². The Balaban J connectivity index is 2.15. The van der Waals surface area contributed by atoms with Crippen LogP contribution in [0.5, 0.6) is 0 Å². The van der Waals surface area contributed by atoms with Gasteiger partial charge in [0.15, 0.2) is 0 Å². The summed E-state index contributed by atoms with van der Waals surface area (Å²) in [4.78, 5) is 7.94. The highest BCUT2D eigenvalue weighted by Gasteiger charge is 1.95. The highest BCUT2D eigenvalue weighted by atomic mass is 16.5. The molecule has 0 radical (unpaired) electrons. The molecule has 0 saturated heterocycles. The molecule has 0 unspecified atom stereocenters. The Hall–Kier alpha value is -1.20. The van der Waals surface area contributed by atoms with E-state index in [0.29, 0.717) is 32.2 Å². The van der Waals surface area contributed by atoms with Crippen molar-refractivity contribution in [1.82, 2.24) is 9.97 Å². The Bertz CT molecular complexity index is 251. The molecule has 1 heterocycles. The lowest BCUT2D eigenvalue weighted by atomic mass is 10.5. The second-order valence-corrected chi connectivity index (χ2v) is 2.68. The maximum atomic E-state index is 5.39. The van der Waals surface area contributed by atoms with Gasteiger partial charge in [0.25, 0.3) is 0 Å². The fourth-order valence-electron chi connectivity index (χ4n) is 0.878. The van der Waals surface area contributed by atoms with E-state index in [4.69, 9.17) is 15.2 Å². The van der Waals surface area contributed by atoms with Crippen molar-refractivity contribution in [2.24, 2.45) is 0 Å². The third-order valence-electron chi connectivity index (χ3n) is 1.55. The summed E-state index contributed by atoms with van der Waals surface area (Å²) < 4.78 is 10.4. The SMILES string of the molecule is CCOCCOCc1cnc(N)cn1. The first kappa shape index (κ1) is 10.9. The number of anilines is 1. The van der Waals surface area contributed by atoms with Gasteiger partial charge in [-0.2, -0.15) is 0 Å². The van der Waals surface area contributed by atoms with Crippen LogP contribution < -0.4 is 5.73 Å². The number of ether oxygens (including phenoxy) is 2. The van der Waals surface area contributed by atoms with Crippen molar-refractivity contribution in [2.45, 2.75) is 13.5 Å². The van der Waals surface area contributed by atoms with E-state index in [0.717, 1.165) is 5.69 Å². The summed E-state index contributed by atoms with van der Waals surface area (Å²) >= 11 is 0. The first-order valence-corrected chi connectivity index (χ1v) is 4.54. The molecule has 0 aromatic carbocycles. The van der Waals surface area contributed by atoms with Crippen LogP contribution in [-0.4, -0.2) is 29.8 Å². The monoisotopic (exact) mass is 197 g/mol. The zero-order valence-corrected chi connectivity index (χ0v) is 8.27. The molecule has 5 heteroatoms. The molecule has 1 aromatic rings. The zero-order chi connectivity index (χ0) is 10.2. The van der Waals surface area contributed by atoms with Crippen molar-refractivity contribution in [3.63, 3.8) is 0 Å². The van der Waals surface area contributed by atoms with Gasteiger partial charge in [-0.05, 0) is 6.92 Å². The minimum atomic E-state index is 0.420. The van der Waals surface area contributed by atoms with Gasteiger partial charge in [-0.15, -0.1) is 0 Å². The van der Waals surface area contributed by atoms with Crippen molar-refractivity contribution in [3.8, 4) is 0 Å². The minimum Gasteiger partial charge on any atom is -0.382 e. The molecule has 0 amide bonds. The molecule has 78 valence electrons. The van der Waals surface area contributed by atoms with Gasteiger partial charge in [0.05, 0.1) is 37.9 Å². The van der Waals surface area contributed by atoms with E-state index in [1.807, 2.05) is 6.92 Å². The van der Waals surface area contributed by atoms with Crippen molar-refractivity contribution in [2.75, 3.05) is 25.6 Å². The molecular formula is C9H15N3O2. The predicted octanol–water partition coefficient (Wildman–Crippen LogP) is 0.612. The van der Waals surface area contributed by atoms with Crippen molar-refractivity contribution in [3.05, 3.63) is 18.1 Å². The quantitative estimate of drug-likeness (QED) is 0.677. The average Bonchev–Trinajstić information content (AvgIpc) is 2.21. The van der Waals surface area contributed by atoms with E-state index in [2.05, 4.69) is 9.97 Å². The third-order valence-corrected chi connectivity index (χ3v) is 1.55. The summed E-state index contributed by atoms with van der Waals surface area (Å²) in [6.45, 7) is 4.29. The molecule has 0 bridgehead atoms. The van der Waals surface area contributed by atoms with Crippen LogP contribution in [0, 0.1) is 0 Å². The standard InChI is InChI=1S/C9H15N3O2/c1-2-13-3-4-14-7-8-5-12-9(10)6-11-8/h5-6H,2-4,7H2,1H3,(H2,10,12). The van der Waals surface area contributed by atoms with Gasteiger partial charge in [-0.1, -0.05) is 0 Å². The molecular weight excluding hydrogens is 182 g/mol. The molecule has 2 N–H and O–H groups in total. The van der Waals surface area contributed by atoms with Crippen LogP contribution in [0.3, 0.4) is 0 Å². The highest BCUT2D eigenvalue weighted by Crippen LogP contribution is 1.97. The second kappa shape index (κ2) is 6.28. The number of rotatable bonds is 6. The lowest BCUT2D eigenvalue weighted by Crippen LogP contribution is -2.05. The number of aromatic nitrogens is 2. The fourth-order valence-corrected chi connectivity index (χ4v) is 0.878. The van der Waals surface area contributed by atoms with Crippen molar-refractivity contribution in [1.29, 1.82) is 0 Å². The van der Waals surface area contributed by atoms with Gasteiger partial charge in [0.1, 0.15) is 5.82 Å². The van der Waals surface area contributed by atoms with Crippen molar-refractivity contribution < 1.29 is 9.47 Å². The first-order chi connectivity index (χ1) is 6.83. The predicted molar refractivity (Wildman–Crippen MR) is 52.6 cm³/mol. The maximum absolute atomic E-state index is 5.39. The minimum absolute atomic E-state index is 0.420. The molecule has 0 aliphatic carbocycles. The lowest BCUT2D eigenvalue weighted by molar-refractivity contribution is 0.0440. The number of hydrogen-bond acceptors (Lipinski definition) is 5. The summed E-state index contributed by atoms with van der Waals surface area (Å²) in [5.74, 6) is 0.420. The summed E-state index contributed by atoms with van der Waals surface area (Å²) in [6, 6.07) is 0. The van der Waals surface area contributed by atoms with Gasteiger partial charge in [0, 0.05) is 6.61 Å². The number of hydrogen-bond donors (Lipinski definition) is 1. The van der Waals surface area contributed by atoms with Crippen LogP contribution in [0.2, 0.25) is 0 Å². The van der Waals surface area contributed by atoms with E-state index in [1.165, 1.54) is 6.20 Å². The highest BCUT2D eigenvalue weighted by molar-refractivity contribution is 5.22. The Labute approximate surface area is 83.3 Å². The fraction of sp³-hybridized carbons (Fsp3) is 0.556. The molecule has 0 atom stereocenters. The summed E-state index contributed by atoms with van der Waals surface area (Å²) in [7, 11) is 0. The number of nitrogens with two attached hydrogens (primary N) is 1. The molecule has 0 spiro atoms. The molecule has 0 fully saturated rings. The Kier molecular flexibility index (Phi) is 4.88. The summed E-state index contributed by atoms with van der Waals surface area (Å²) in [6.07, 6.45) is 3.12. The Morgan fingerprint density at radius 3 is 2.64 bits per heavy atom. The van der Waals surface area contributed by atoms with Gasteiger partial charge in [0.2, 0.25) is 0 Å². The molecule has 0 aliphatic rings. The van der Waals surface area contributed by atoms with Gasteiger partial charge >= 0.3 is 0 Å². The van der Waals surface area contributed by atoms with E-state index >= 15 is 0 Å². The van der Waals surface area contributed by atoms with E-state index in [9.17, 15) is 0 Å². The van der Waals surface area contributed by atoms with Crippen LogP contribution in [0.1, 0.15) is 12.6 Å². The maximum Gasteiger partial charge on any atom is 0.141 e. The Morgan fingerprint density at radius 1 is 1.21 bits per heavy atom. The molecule has 5 nitrogen and oxygen atoms in total. The van der Waals surface area contributed by atoms with Gasteiger partial charge in [-0.25, -0.2) is 4.98 Å². The largest absolute Gasteiger partial charge is 0.382 e. The average molecular weight is 197 g/mol. The molecule has 0 saturated carbocycles. The van der Waals surface area contributed by atoms with E-state index in [-0.39, 0.29) is 0 Å². The summed E-state index contributed by atoms with van der Waals surface area (Å²) in [5, 5.41) is 0. The first-order valence-electron chi connectivity index (χ1n) is 4.54. The number of nitrogen functional groups attached to an aromatic ring is 1. The molecule has 1 rings (SSSR count). The third kappa shape index (κ3) is 4.15. The zero-order valence-electron chi connectivity index (χ0n) is 8.27. The number of nitrogens with zero attached hydrogens (tertiary/aromatic N) is 2. The van der Waals surface area contributed by atoms with Gasteiger partial charge < -0.3 is 15.2 Å². The van der Waals surface area contributed by atoms with Crippen LogP contribution in [0.25, 0.3) is 0 Å². The van der Waals surface area contributed by atoms with Gasteiger partial charge in [-0.3, -0.25) is 4.98 Å². The molecule has 14 heavy (non-hydrogen) atoms. The molecule has 0 aliphatic heterocycles.